The van der Waals surface area contributed by atoms with Crippen molar-refractivity contribution in [2.24, 2.45) is 0 Å². The van der Waals surface area contributed by atoms with Gasteiger partial charge in [0, 0.05) is 25.0 Å². The standard InChI is InChI=1S/C13H13N3O3/c1-9-11(13(18)19)7-12(17)16(15-9)6-4-10-3-2-5-14-8-10/h2-3,5,7-8H,4,6H2,1H3,(H,18,19). The van der Waals surface area contributed by atoms with Crippen molar-refractivity contribution in [2.45, 2.75) is 19.9 Å². The summed E-state index contributed by atoms with van der Waals surface area (Å²) in [6, 6.07) is 4.84. The molecule has 0 bridgehead atoms. The van der Waals surface area contributed by atoms with E-state index in [0.29, 0.717) is 18.7 Å². The Balaban J connectivity index is 2.20. The molecule has 6 heteroatoms. The fourth-order valence-corrected chi connectivity index (χ4v) is 1.74. The van der Waals surface area contributed by atoms with E-state index in [1.54, 1.807) is 19.3 Å². The minimum absolute atomic E-state index is 0.0531. The molecule has 0 aliphatic heterocycles. The average Bonchev–Trinajstić information content (AvgIpc) is 2.40. The van der Waals surface area contributed by atoms with E-state index in [2.05, 4.69) is 10.1 Å². The molecule has 0 unspecified atom stereocenters. The van der Waals surface area contributed by atoms with E-state index < -0.39 is 11.5 Å². The first-order chi connectivity index (χ1) is 9.08. The molecule has 2 aromatic rings. The molecule has 0 radical (unpaired) electrons. The van der Waals surface area contributed by atoms with Gasteiger partial charge in [-0.05, 0) is 25.0 Å². The highest BCUT2D eigenvalue weighted by molar-refractivity contribution is 5.88. The van der Waals surface area contributed by atoms with E-state index in [0.717, 1.165) is 11.6 Å². The maximum Gasteiger partial charge on any atom is 0.337 e. The summed E-state index contributed by atoms with van der Waals surface area (Å²) >= 11 is 0. The molecule has 1 N–H and O–H groups in total. The van der Waals surface area contributed by atoms with Crippen molar-refractivity contribution in [1.82, 2.24) is 14.8 Å². The lowest BCUT2D eigenvalue weighted by Gasteiger charge is -2.07. The summed E-state index contributed by atoms with van der Waals surface area (Å²) in [5, 5.41) is 12.9. The third-order valence-corrected chi connectivity index (χ3v) is 2.75. The number of carboxylic acid groups (broad SMARTS) is 1. The highest BCUT2D eigenvalue weighted by Crippen LogP contribution is 2.02. The van der Waals surface area contributed by atoms with Crippen LogP contribution in [0.3, 0.4) is 0 Å². The Bertz CT molecular complexity index is 650. The SMILES string of the molecule is Cc1nn(CCc2cccnc2)c(=O)cc1C(=O)O. The van der Waals surface area contributed by atoms with Gasteiger partial charge in [0.05, 0.1) is 11.3 Å². The van der Waals surface area contributed by atoms with Gasteiger partial charge in [0.25, 0.3) is 5.56 Å². The van der Waals surface area contributed by atoms with Crippen molar-refractivity contribution in [1.29, 1.82) is 0 Å². The summed E-state index contributed by atoms with van der Waals surface area (Å²) in [5.41, 5.74) is 0.865. The maximum atomic E-state index is 11.7. The van der Waals surface area contributed by atoms with Gasteiger partial charge >= 0.3 is 5.97 Å². The molecule has 6 nitrogen and oxygen atoms in total. The van der Waals surface area contributed by atoms with Gasteiger partial charge in [0.15, 0.2) is 0 Å². The molecule has 2 rings (SSSR count). The quantitative estimate of drug-likeness (QED) is 0.881. The molecule has 0 aliphatic carbocycles. The van der Waals surface area contributed by atoms with Crippen LogP contribution in [0.5, 0.6) is 0 Å². The minimum atomic E-state index is -1.14. The summed E-state index contributed by atoms with van der Waals surface area (Å²) < 4.78 is 1.27. The van der Waals surface area contributed by atoms with Gasteiger partial charge in [0.2, 0.25) is 0 Å². The smallest absolute Gasteiger partial charge is 0.337 e. The van der Waals surface area contributed by atoms with Gasteiger partial charge < -0.3 is 5.11 Å². The molecule has 98 valence electrons. The number of aromatic carboxylic acids is 1. The predicted octanol–water partition coefficient (Wildman–Crippen LogP) is 0.888. The number of carboxylic acids is 1. The van der Waals surface area contributed by atoms with Crippen LogP contribution in [0.25, 0.3) is 0 Å². The summed E-state index contributed by atoms with van der Waals surface area (Å²) in [5.74, 6) is -1.14. The molecule has 19 heavy (non-hydrogen) atoms. The lowest BCUT2D eigenvalue weighted by Crippen LogP contribution is -2.26. The first-order valence-electron chi connectivity index (χ1n) is 5.79. The molecule has 0 amide bonds. The number of carbonyl (C=O) groups is 1. The van der Waals surface area contributed by atoms with Crippen LogP contribution in [0, 0.1) is 6.92 Å². The zero-order chi connectivity index (χ0) is 13.8. The molecule has 2 aromatic heterocycles. The summed E-state index contributed by atoms with van der Waals surface area (Å²) in [6.45, 7) is 1.97. The van der Waals surface area contributed by atoms with Crippen LogP contribution < -0.4 is 5.56 Å². The van der Waals surface area contributed by atoms with Gasteiger partial charge in [-0.15, -0.1) is 0 Å². The van der Waals surface area contributed by atoms with Crippen molar-refractivity contribution in [3.05, 3.63) is 57.8 Å². The molecule has 0 atom stereocenters. The first-order valence-corrected chi connectivity index (χ1v) is 5.79. The third kappa shape index (κ3) is 3.04. The van der Waals surface area contributed by atoms with E-state index in [1.807, 2.05) is 12.1 Å². The largest absolute Gasteiger partial charge is 0.478 e. The number of rotatable bonds is 4. The van der Waals surface area contributed by atoms with E-state index in [9.17, 15) is 9.59 Å². The van der Waals surface area contributed by atoms with Crippen molar-refractivity contribution in [3.63, 3.8) is 0 Å². The second-order valence-electron chi connectivity index (χ2n) is 4.12. The fourth-order valence-electron chi connectivity index (χ4n) is 1.74. The Labute approximate surface area is 109 Å². The average molecular weight is 259 g/mol. The zero-order valence-electron chi connectivity index (χ0n) is 10.4. The van der Waals surface area contributed by atoms with Crippen LogP contribution in [0.2, 0.25) is 0 Å². The normalized spacial score (nSPS) is 10.4. The molecule has 0 spiro atoms. The topological polar surface area (TPSA) is 85.1 Å². The van der Waals surface area contributed by atoms with Gasteiger partial charge in [-0.3, -0.25) is 9.78 Å². The molecule has 0 fully saturated rings. The van der Waals surface area contributed by atoms with Crippen LogP contribution in [0.15, 0.2) is 35.4 Å². The van der Waals surface area contributed by atoms with E-state index in [4.69, 9.17) is 5.11 Å². The Morgan fingerprint density at radius 2 is 2.26 bits per heavy atom. The second-order valence-corrected chi connectivity index (χ2v) is 4.12. The van der Waals surface area contributed by atoms with Gasteiger partial charge in [-0.25, -0.2) is 9.48 Å². The second kappa shape index (κ2) is 5.43. The van der Waals surface area contributed by atoms with Gasteiger partial charge in [-0.2, -0.15) is 5.10 Å². The summed E-state index contributed by atoms with van der Waals surface area (Å²) in [7, 11) is 0. The first kappa shape index (κ1) is 12.9. The number of nitrogens with zero attached hydrogens (tertiary/aromatic N) is 3. The Morgan fingerprint density at radius 3 is 2.89 bits per heavy atom. The van der Waals surface area contributed by atoms with Crippen LogP contribution in [0.1, 0.15) is 21.6 Å². The molecular weight excluding hydrogens is 246 g/mol. The van der Waals surface area contributed by atoms with Crippen LogP contribution >= 0.6 is 0 Å². The number of hydrogen-bond acceptors (Lipinski definition) is 4. The van der Waals surface area contributed by atoms with Crippen molar-refractivity contribution < 1.29 is 9.90 Å². The Kier molecular flexibility index (Phi) is 3.70. The molecule has 0 aromatic carbocycles. The molecule has 0 saturated heterocycles. The number of aromatic nitrogens is 3. The molecule has 0 aliphatic rings. The third-order valence-electron chi connectivity index (χ3n) is 2.75. The van der Waals surface area contributed by atoms with Crippen molar-refractivity contribution in [3.8, 4) is 0 Å². The predicted molar refractivity (Wildman–Crippen MR) is 68.1 cm³/mol. The Morgan fingerprint density at radius 1 is 1.47 bits per heavy atom. The minimum Gasteiger partial charge on any atom is -0.478 e. The number of hydrogen-bond donors (Lipinski definition) is 1. The summed E-state index contributed by atoms with van der Waals surface area (Å²) in [4.78, 5) is 26.6. The number of pyridine rings is 1. The maximum absolute atomic E-state index is 11.7. The van der Waals surface area contributed by atoms with E-state index >= 15 is 0 Å². The fraction of sp³-hybridized carbons (Fsp3) is 0.231. The number of aryl methyl sites for hydroxylation is 3. The van der Waals surface area contributed by atoms with Gasteiger partial charge in [-0.1, -0.05) is 6.07 Å². The lowest BCUT2D eigenvalue weighted by molar-refractivity contribution is 0.0695. The molecule has 2 heterocycles. The van der Waals surface area contributed by atoms with E-state index in [-0.39, 0.29) is 5.56 Å². The zero-order valence-corrected chi connectivity index (χ0v) is 10.4. The molecule has 0 saturated carbocycles. The summed E-state index contributed by atoms with van der Waals surface area (Å²) in [6.07, 6.45) is 4.02. The molecular formula is C13H13N3O3. The van der Waals surface area contributed by atoms with Crippen molar-refractivity contribution in [2.75, 3.05) is 0 Å². The van der Waals surface area contributed by atoms with Crippen LogP contribution in [-0.4, -0.2) is 25.8 Å². The van der Waals surface area contributed by atoms with Crippen LogP contribution in [0.4, 0.5) is 0 Å². The van der Waals surface area contributed by atoms with Crippen molar-refractivity contribution >= 4 is 5.97 Å². The highest BCUT2D eigenvalue weighted by Gasteiger charge is 2.11. The highest BCUT2D eigenvalue weighted by atomic mass is 16.4. The lowest BCUT2D eigenvalue weighted by atomic mass is 10.2. The van der Waals surface area contributed by atoms with Crippen LogP contribution in [-0.2, 0) is 13.0 Å². The monoisotopic (exact) mass is 259 g/mol. The van der Waals surface area contributed by atoms with Gasteiger partial charge in [0.1, 0.15) is 0 Å². The van der Waals surface area contributed by atoms with E-state index in [1.165, 1.54) is 4.68 Å². The Hall–Kier alpha value is -2.50.